The second-order valence-electron chi connectivity index (χ2n) is 1.73. The molecule has 0 heterocycles. The summed E-state index contributed by atoms with van der Waals surface area (Å²) in [6, 6.07) is 0. The van der Waals surface area contributed by atoms with E-state index in [0.29, 0.717) is 17.4 Å². The van der Waals surface area contributed by atoms with Gasteiger partial charge in [0, 0.05) is 18.3 Å². The first kappa shape index (κ1) is 11.9. The number of rotatable bonds is 6. The van der Waals surface area contributed by atoms with Gasteiger partial charge in [-0.2, -0.15) is 0 Å². The molecule has 6 heteroatoms. The van der Waals surface area contributed by atoms with Crippen LogP contribution >= 0.6 is 35.1 Å². The van der Waals surface area contributed by atoms with Gasteiger partial charge in [0.05, 0.1) is 12.8 Å². The summed E-state index contributed by atoms with van der Waals surface area (Å²) in [6.45, 7) is 0.264. The van der Waals surface area contributed by atoms with Crippen LogP contribution in [0.5, 0.6) is 0 Å². The van der Waals surface area contributed by atoms with Gasteiger partial charge < -0.3 is 9.05 Å². The summed E-state index contributed by atoms with van der Waals surface area (Å²) >= 11 is 8.50. The second-order valence-corrected chi connectivity index (χ2v) is 5.19. The van der Waals surface area contributed by atoms with E-state index in [1.165, 1.54) is 7.11 Å². The van der Waals surface area contributed by atoms with Crippen LogP contribution in [0.3, 0.4) is 0 Å². The topological polar surface area (TPSA) is 35.5 Å². The van der Waals surface area contributed by atoms with Gasteiger partial charge in [-0.3, -0.25) is 4.57 Å². The number of alkyl halides is 2. The molecule has 0 amide bonds. The van der Waals surface area contributed by atoms with Crippen LogP contribution in [-0.4, -0.2) is 31.1 Å². The van der Waals surface area contributed by atoms with Crippen molar-refractivity contribution < 1.29 is 13.6 Å². The fraction of sp³-hybridized carbons (Fsp3) is 1.00. The van der Waals surface area contributed by atoms with Crippen molar-refractivity contribution in [2.75, 3.05) is 31.1 Å². The van der Waals surface area contributed by atoms with Gasteiger partial charge in [0.1, 0.15) is 0 Å². The zero-order chi connectivity index (χ0) is 8.74. The Morgan fingerprint density at radius 2 is 2.27 bits per heavy atom. The molecule has 0 N–H and O–H groups in total. The molecule has 11 heavy (non-hydrogen) atoms. The van der Waals surface area contributed by atoms with Crippen molar-refractivity contribution in [3.63, 3.8) is 0 Å². The Bertz CT molecular complexity index is 144. The lowest BCUT2D eigenvalue weighted by Gasteiger charge is -2.13. The lowest BCUT2D eigenvalue weighted by molar-refractivity contribution is 0.247. The maximum Gasteiger partial charge on any atom is 0.331 e. The maximum atomic E-state index is 11.4. The van der Waals surface area contributed by atoms with E-state index in [1.54, 1.807) is 0 Å². The lowest BCUT2D eigenvalue weighted by Crippen LogP contribution is -2.00. The normalized spacial score (nSPS) is 16.3. The highest BCUT2D eigenvalue weighted by molar-refractivity contribution is 9.09. The third kappa shape index (κ3) is 5.21. The number of halogens is 2. The molecule has 0 aliphatic rings. The van der Waals surface area contributed by atoms with Crippen molar-refractivity contribution in [3.8, 4) is 0 Å². The third-order valence-electron chi connectivity index (χ3n) is 1.00. The van der Waals surface area contributed by atoms with Crippen molar-refractivity contribution in [2.24, 2.45) is 0 Å². The Morgan fingerprint density at radius 1 is 1.64 bits per heavy atom. The molecule has 0 bridgehead atoms. The van der Waals surface area contributed by atoms with E-state index in [2.05, 4.69) is 15.9 Å². The monoisotopic (exact) mass is 264 g/mol. The molecule has 0 aromatic carbocycles. The van der Waals surface area contributed by atoms with Crippen LogP contribution in [0, 0.1) is 0 Å². The first-order valence-electron chi connectivity index (χ1n) is 3.10. The quantitative estimate of drug-likeness (QED) is 0.547. The van der Waals surface area contributed by atoms with Crippen LogP contribution in [0.25, 0.3) is 0 Å². The van der Waals surface area contributed by atoms with Crippen LogP contribution < -0.4 is 0 Å². The summed E-state index contributed by atoms with van der Waals surface area (Å²) < 4.78 is 21.1. The predicted octanol–water partition coefficient (Wildman–Crippen LogP) is 2.48. The molecular weight excluding hydrogens is 254 g/mol. The van der Waals surface area contributed by atoms with Crippen molar-refractivity contribution in [1.82, 2.24) is 0 Å². The maximum absolute atomic E-state index is 11.4. The van der Waals surface area contributed by atoms with Crippen LogP contribution in [0.4, 0.5) is 0 Å². The summed E-state index contributed by atoms with van der Waals surface area (Å²) in [5, 5.41) is 0.598. The standard InChI is InChI=1S/C5H11BrClO3P/c1-9-11(8,5-2-6)10-4-3-7/h2-5H2,1H3. The summed E-state index contributed by atoms with van der Waals surface area (Å²) in [4.78, 5) is 0. The molecule has 0 aliphatic heterocycles. The van der Waals surface area contributed by atoms with Crippen LogP contribution in [0.2, 0.25) is 0 Å². The largest absolute Gasteiger partial charge is 0.331 e. The van der Waals surface area contributed by atoms with E-state index < -0.39 is 7.60 Å². The van der Waals surface area contributed by atoms with Gasteiger partial charge in [-0.25, -0.2) is 0 Å². The van der Waals surface area contributed by atoms with Gasteiger partial charge in [0.15, 0.2) is 0 Å². The van der Waals surface area contributed by atoms with Crippen molar-refractivity contribution in [3.05, 3.63) is 0 Å². The number of hydrogen-bond donors (Lipinski definition) is 0. The smallest absolute Gasteiger partial charge is 0.312 e. The molecule has 0 aliphatic carbocycles. The van der Waals surface area contributed by atoms with Crippen molar-refractivity contribution in [2.45, 2.75) is 0 Å². The Morgan fingerprint density at radius 3 is 2.64 bits per heavy atom. The summed E-state index contributed by atoms with van der Waals surface area (Å²) in [7, 11) is -1.48. The van der Waals surface area contributed by atoms with Crippen LogP contribution in [-0.2, 0) is 13.6 Å². The first-order valence-corrected chi connectivity index (χ1v) is 6.48. The zero-order valence-corrected chi connectivity index (χ0v) is 9.49. The van der Waals surface area contributed by atoms with E-state index in [0.717, 1.165) is 0 Å². The Hall–Kier alpha value is 0.920. The molecule has 0 saturated carbocycles. The van der Waals surface area contributed by atoms with E-state index in [-0.39, 0.29) is 6.61 Å². The Labute approximate surface area is 80.1 Å². The molecular formula is C5H11BrClO3P. The number of hydrogen-bond acceptors (Lipinski definition) is 3. The average Bonchev–Trinajstić information content (AvgIpc) is 2.02. The summed E-state index contributed by atoms with van der Waals surface area (Å²) in [6.07, 6.45) is 0.375. The highest BCUT2D eigenvalue weighted by atomic mass is 79.9. The molecule has 0 fully saturated rings. The summed E-state index contributed by atoms with van der Waals surface area (Å²) in [5.74, 6) is 0.329. The fourth-order valence-corrected chi connectivity index (χ4v) is 2.97. The Balaban J connectivity index is 3.79. The zero-order valence-electron chi connectivity index (χ0n) is 6.26. The third-order valence-corrected chi connectivity index (χ3v) is 4.07. The van der Waals surface area contributed by atoms with Gasteiger partial charge in [0.2, 0.25) is 0 Å². The van der Waals surface area contributed by atoms with E-state index in [9.17, 15) is 4.57 Å². The highest BCUT2D eigenvalue weighted by Gasteiger charge is 2.20. The molecule has 68 valence electrons. The van der Waals surface area contributed by atoms with E-state index >= 15 is 0 Å². The van der Waals surface area contributed by atoms with Crippen molar-refractivity contribution in [1.29, 1.82) is 0 Å². The van der Waals surface area contributed by atoms with Gasteiger partial charge in [-0.05, 0) is 0 Å². The minimum Gasteiger partial charge on any atom is -0.312 e. The average molecular weight is 265 g/mol. The van der Waals surface area contributed by atoms with Crippen LogP contribution in [0.1, 0.15) is 0 Å². The Kier molecular flexibility index (Phi) is 6.98. The minimum absolute atomic E-state index is 0.264. The lowest BCUT2D eigenvalue weighted by atomic mass is 10.9. The predicted molar refractivity (Wildman–Crippen MR) is 49.9 cm³/mol. The molecule has 0 saturated heterocycles. The van der Waals surface area contributed by atoms with Gasteiger partial charge in [0.25, 0.3) is 0 Å². The van der Waals surface area contributed by atoms with E-state index in [4.69, 9.17) is 20.6 Å². The molecule has 3 nitrogen and oxygen atoms in total. The molecule has 0 radical (unpaired) electrons. The molecule has 0 aromatic heterocycles. The molecule has 1 unspecified atom stereocenters. The first-order chi connectivity index (χ1) is 5.18. The SMILES string of the molecule is COP(=O)(CCBr)OCCCl. The fourth-order valence-electron chi connectivity index (χ4n) is 0.486. The van der Waals surface area contributed by atoms with Crippen LogP contribution in [0.15, 0.2) is 0 Å². The molecule has 1 atom stereocenters. The van der Waals surface area contributed by atoms with Crippen molar-refractivity contribution >= 4 is 35.1 Å². The van der Waals surface area contributed by atoms with Gasteiger partial charge in [-0.15, -0.1) is 11.6 Å². The minimum atomic E-state index is -2.85. The highest BCUT2D eigenvalue weighted by Crippen LogP contribution is 2.46. The van der Waals surface area contributed by atoms with Gasteiger partial charge in [-0.1, -0.05) is 15.9 Å². The molecule has 0 rings (SSSR count). The molecule has 0 aromatic rings. The van der Waals surface area contributed by atoms with E-state index in [1.807, 2.05) is 0 Å². The molecule has 0 spiro atoms. The second kappa shape index (κ2) is 6.44. The van der Waals surface area contributed by atoms with Gasteiger partial charge >= 0.3 is 7.60 Å². The summed E-state index contributed by atoms with van der Waals surface area (Å²) in [5.41, 5.74) is 0.